The Kier molecular flexibility index (Phi) is 4.75. The minimum atomic E-state index is -3.59. The van der Waals surface area contributed by atoms with Gasteiger partial charge in [-0.3, -0.25) is 0 Å². The maximum absolute atomic E-state index is 13.7. The van der Waals surface area contributed by atoms with Crippen molar-refractivity contribution in [2.75, 3.05) is 19.7 Å². The fourth-order valence-corrected chi connectivity index (χ4v) is 4.18. The van der Waals surface area contributed by atoms with Crippen LogP contribution in [0, 0.1) is 5.82 Å². The topological polar surface area (TPSA) is 46.6 Å². The Hall–Kier alpha value is -1.76. The largest absolute Gasteiger partial charge is 0.371 e. The summed E-state index contributed by atoms with van der Waals surface area (Å²) in [6.07, 6.45) is -0.291. The zero-order valence-corrected chi connectivity index (χ0v) is 13.4. The fraction of sp³-hybridized carbons (Fsp3) is 0.294. The average Bonchev–Trinajstić information content (AvgIpc) is 2.58. The highest BCUT2D eigenvalue weighted by atomic mass is 32.2. The van der Waals surface area contributed by atoms with Crippen molar-refractivity contribution in [3.63, 3.8) is 0 Å². The van der Waals surface area contributed by atoms with Gasteiger partial charge in [-0.25, -0.2) is 12.8 Å². The van der Waals surface area contributed by atoms with Crippen LogP contribution in [0.5, 0.6) is 0 Å². The van der Waals surface area contributed by atoms with Crippen LogP contribution in [0.4, 0.5) is 4.39 Å². The lowest BCUT2D eigenvalue weighted by molar-refractivity contribution is -0.00260. The maximum atomic E-state index is 13.7. The van der Waals surface area contributed by atoms with Gasteiger partial charge < -0.3 is 4.74 Å². The third-order valence-corrected chi connectivity index (χ3v) is 5.68. The van der Waals surface area contributed by atoms with Gasteiger partial charge in [0.15, 0.2) is 0 Å². The van der Waals surface area contributed by atoms with Crippen LogP contribution in [0.3, 0.4) is 0 Å². The standard InChI is InChI=1S/C17H18FNO3S/c18-16-9-5-4-8-15(16)13-23(20,21)19-10-11-22-17(12-19)14-6-2-1-3-7-14/h1-9,17H,10-13H2. The van der Waals surface area contributed by atoms with Crippen LogP contribution in [0.2, 0.25) is 0 Å². The molecule has 6 heteroatoms. The van der Waals surface area contributed by atoms with Gasteiger partial charge in [0, 0.05) is 18.7 Å². The van der Waals surface area contributed by atoms with Crippen molar-refractivity contribution < 1.29 is 17.5 Å². The summed E-state index contributed by atoms with van der Waals surface area (Å²) in [6.45, 7) is 0.872. The summed E-state index contributed by atoms with van der Waals surface area (Å²) in [6, 6.07) is 15.5. The first-order valence-corrected chi connectivity index (χ1v) is 9.05. The second-order valence-electron chi connectivity index (χ2n) is 5.48. The molecule has 1 aliphatic heterocycles. The highest BCUT2D eigenvalue weighted by Gasteiger charge is 2.30. The van der Waals surface area contributed by atoms with Crippen molar-refractivity contribution in [2.45, 2.75) is 11.9 Å². The molecule has 4 nitrogen and oxygen atoms in total. The van der Waals surface area contributed by atoms with E-state index in [1.807, 2.05) is 30.3 Å². The van der Waals surface area contributed by atoms with Crippen LogP contribution >= 0.6 is 0 Å². The molecule has 1 aliphatic rings. The normalized spacial score (nSPS) is 19.6. The summed E-state index contributed by atoms with van der Waals surface area (Å²) in [5, 5.41) is 0. The quantitative estimate of drug-likeness (QED) is 0.863. The molecule has 3 rings (SSSR count). The van der Waals surface area contributed by atoms with Crippen LogP contribution in [0.25, 0.3) is 0 Å². The van der Waals surface area contributed by atoms with E-state index >= 15 is 0 Å². The Morgan fingerprint density at radius 1 is 1.09 bits per heavy atom. The smallest absolute Gasteiger partial charge is 0.218 e. The number of nitrogens with zero attached hydrogens (tertiary/aromatic N) is 1. The van der Waals surface area contributed by atoms with Crippen LogP contribution < -0.4 is 0 Å². The zero-order valence-electron chi connectivity index (χ0n) is 12.6. The van der Waals surface area contributed by atoms with Crippen molar-refractivity contribution in [2.24, 2.45) is 0 Å². The molecule has 23 heavy (non-hydrogen) atoms. The van der Waals surface area contributed by atoms with Gasteiger partial charge in [0.05, 0.1) is 18.5 Å². The first-order valence-electron chi connectivity index (χ1n) is 7.44. The second-order valence-corrected chi connectivity index (χ2v) is 7.44. The number of hydrogen-bond donors (Lipinski definition) is 0. The lowest BCUT2D eigenvalue weighted by atomic mass is 10.1. The van der Waals surface area contributed by atoms with Crippen molar-refractivity contribution >= 4 is 10.0 Å². The van der Waals surface area contributed by atoms with Crippen LogP contribution in [-0.4, -0.2) is 32.4 Å². The Labute approximate surface area is 135 Å². The molecular weight excluding hydrogens is 317 g/mol. The Morgan fingerprint density at radius 2 is 1.78 bits per heavy atom. The van der Waals surface area contributed by atoms with E-state index in [2.05, 4.69) is 0 Å². The summed E-state index contributed by atoms with van der Waals surface area (Å²) in [5.74, 6) is -0.829. The van der Waals surface area contributed by atoms with Gasteiger partial charge in [-0.2, -0.15) is 4.31 Å². The molecule has 0 aliphatic carbocycles. The predicted molar refractivity (Wildman–Crippen MR) is 85.7 cm³/mol. The molecule has 1 atom stereocenters. The number of hydrogen-bond acceptors (Lipinski definition) is 3. The van der Waals surface area contributed by atoms with E-state index in [-0.39, 0.29) is 24.0 Å². The van der Waals surface area contributed by atoms with Gasteiger partial charge in [0.2, 0.25) is 10.0 Å². The van der Waals surface area contributed by atoms with Crippen LogP contribution in [-0.2, 0) is 20.5 Å². The number of morpholine rings is 1. The lowest BCUT2D eigenvalue weighted by Crippen LogP contribution is -2.42. The van der Waals surface area contributed by atoms with E-state index in [9.17, 15) is 12.8 Å². The van der Waals surface area contributed by atoms with E-state index in [0.29, 0.717) is 13.2 Å². The predicted octanol–water partition coefficient (Wildman–Crippen LogP) is 2.73. The number of ether oxygens (including phenoxy) is 1. The minimum Gasteiger partial charge on any atom is -0.371 e. The summed E-state index contributed by atoms with van der Waals surface area (Å²) in [4.78, 5) is 0. The SMILES string of the molecule is O=S(=O)(Cc1ccccc1F)N1CCOC(c2ccccc2)C1. The average molecular weight is 335 g/mol. The number of benzene rings is 2. The molecule has 0 aromatic heterocycles. The first kappa shape index (κ1) is 16.1. The number of halogens is 1. The molecule has 1 saturated heterocycles. The van der Waals surface area contributed by atoms with E-state index in [4.69, 9.17) is 4.74 Å². The molecule has 2 aromatic rings. The lowest BCUT2D eigenvalue weighted by Gasteiger charge is -2.32. The molecule has 1 heterocycles. The Morgan fingerprint density at radius 3 is 2.52 bits per heavy atom. The molecule has 122 valence electrons. The molecule has 1 unspecified atom stereocenters. The van der Waals surface area contributed by atoms with Crippen molar-refractivity contribution in [1.82, 2.24) is 4.31 Å². The highest BCUT2D eigenvalue weighted by Crippen LogP contribution is 2.25. The second kappa shape index (κ2) is 6.78. The molecule has 0 bridgehead atoms. The van der Waals surface area contributed by atoms with Gasteiger partial charge in [-0.15, -0.1) is 0 Å². The number of rotatable bonds is 4. The van der Waals surface area contributed by atoms with Crippen LogP contribution in [0.15, 0.2) is 54.6 Å². The zero-order chi connectivity index (χ0) is 16.3. The van der Waals surface area contributed by atoms with E-state index in [1.165, 1.54) is 16.4 Å². The summed E-state index contributed by atoms with van der Waals surface area (Å²) >= 11 is 0. The highest BCUT2D eigenvalue weighted by molar-refractivity contribution is 7.88. The molecular formula is C17H18FNO3S. The van der Waals surface area contributed by atoms with Gasteiger partial charge in [-0.1, -0.05) is 48.5 Å². The minimum absolute atomic E-state index is 0.190. The van der Waals surface area contributed by atoms with E-state index in [1.54, 1.807) is 12.1 Å². The van der Waals surface area contributed by atoms with Crippen molar-refractivity contribution in [1.29, 1.82) is 0 Å². The van der Waals surface area contributed by atoms with Gasteiger partial charge in [0.25, 0.3) is 0 Å². The van der Waals surface area contributed by atoms with Crippen LogP contribution in [0.1, 0.15) is 17.2 Å². The van der Waals surface area contributed by atoms with Gasteiger partial charge in [0.1, 0.15) is 5.82 Å². The third kappa shape index (κ3) is 3.77. The molecule has 0 saturated carbocycles. The summed E-state index contributed by atoms with van der Waals surface area (Å²) in [5.41, 5.74) is 1.13. The molecule has 1 fully saturated rings. The summed E-state index contributed by atoms with van der Waals surface area (Å²) < 4.78 is 46.0. The molecule has 0 amide bonds. The van der Waals surface area contributed by atoms with E-state index in [0.717, 1.165) is 5.56 Å². The van der Waals surface area contributed by atoms with Crippen molar-refractivity contribution in [3.8, 4) is 0 Å². The molecule has 0 radical (unpaired) electrons. The Balaban J connectivity index is 1.76. The van der Waals surface area contributed by atoms with Gasteiger partial charge >= 0.3 is 0 Å². The molecule has 0 N–H and O–H groups in total. The molecule has 0 spiro atoms. The maximum Gasteiger partial charge on any atom is 0.218 e. The summed E-state index contributed by atoms with van der Waals surface area (Å²) in [7, 11) is -3.59. The fourth-order valence-electron chi connectivity index (χ4n) is 2.65. The van der Waals surface area contributed by atoms with E-state index < -0.39 is 15.8 Å². The monoisotopic (exact) mass is 335 g/mol. The molecule has 2 aromatic carbocycles. The first-order chi connectivity index (χ1) is 11.1. The third-order valence-electron chi connectivity index (χ3n) is 3.89. The Bertz CT molecular complexity index is 764. The van der Waals surface area contributed by atoms with Gasteiger partial charge in [-0.05, 0) is 11.6 Å². The van der Waals surface area contributed by atoms with Crippen molar-refractivity contribution in [3.05, 3.63) is 71.5 Å². The number of sulfonamides is 1.